The molecule has 7 heteroatoms. The molecule has 2 saturated heterocycles. The van der Waals surface area contributed by atoms with E-state index in [1.165, 1.54) is 57.5 Å². The lowest BCUT2D eigenvalue weighted by Crippen LogP contribution is -2.54. The second-order valence-corrected chi connectivity index (χ2v) is 8.72. The molecule has 0 N–H and O–H groups in total. The van der Waals surface area contributed by atoms with Crippen LogP contribution in [0.2, 0.25) is 0 Å². The van der Waals surface area contributed by atoms with Gasteiger partial charge in [0.15, 0.2) is 11.5 Å². The van der Waals surface area contributed by atoms with Crippen LogP contribution in [0.25, 0.3) is 0 Å². The summed E-state index contributed by atoms with van der Waals surface area (Å²) in [6.07, 6.45) is 7.77. The van der Waals surface area contributed by atoms with Crippen molar-refractivity contribution < 1.29 is 9.47 Å². The monoisotopic (exact) mass is 411 g/mol. The van der Waals surface area contributed by atoms with Crippen LogP contribution in [-0.2, 0) is 13.1 Å². The molecule has 3 aliphatic heterocycles. The topological polar surface area (TPSA) is 46.0 Å². The highest BCUT2D eigenvalue weighted by molar-refractivity contribution is 5.44. The van der Waals surface area contributed by atoms with Crippen molar-refractivity contribution in [2.75, 3.05) is 52.6 Å². The maximum absolute atomic E-state index is 5.53. The molecular weight excluding hydrogens is 378 g/mol. The molecule has 3 aliphatic rings. The van der Waals surface area contributed by atoms with E-state index in [0.29, 0.717) is 6.79 Å². The van der Waals surface area contributed by atoms with Gasteiger partial charge in [-0.05, 0) is 56.1 Å². The standard InChI is InChI=1S/C23H33N5O2/c1-4-21(18-25(8-1)9-3-11-28-10-2-7-24-28)27-14-12-26(13-15-27)17-20-5-6-22-23(16-20)30-19-29-22/h2,5-7,10,16,21H,1,3-4,8-9,11-15,17-19H2/t21-/m1/s1. The second kappa shape index (κ2) is 9.37. The van der Waals surface area contributed by atoms with Gasteiger partial charge in [-0.1, -0.05) is 6.07 Å². The van der Waals surface area contributed by atoms with E-state index in [4.69, 9.17) is 9.47 Å². The Kier molecular flexibility index (Phi) is 6.20. The van der Waals surface area contributed by atoms with E-state index >= 15 is 0 Å². The van der Waals surface area contributed by atoms with Gasteiger partial charge >= 0.3 is 0 Å². The third-order valence-electron chi connectivity index (χ3n) is 6.67. The van der Waals surface area contributed by atoms with Gasteiger partial charge < -0.3 is 14.4 Å². The molecule has 30 heavy (non-hydrogen) atoms. The molecule has 0 saturated carbocycles. The van der Waals surface area contributed by atoms with Crippen molar-refractivity contribution in [3.8, 4) is 11.5 Å². The number of likely N-dealkylation sites (tertiary alicyclic amines) is 1. The molecule has 1 atom stereocenters. The lowest BCUT2D eigenvalue weighted by Gasteiger charge is -2.43. The van der Waals surface area contributed by atoms with Gasteiger partial charge in [-0.25, -0.2) is 0 Å². The highest BCUT2D eigenvalue weighted by Crippen LogP contribution is 2.33. The molecule has 0 amide bonds. The van der Waals surface area contributed by atoms with Gasteiger partial charge in [-0.2, -0.15) is 5.10 Å². The molecule has 0 radical (unpaired) electrons. The Bertz CT molecular complexity index is 804. The van der Waals surface area contributed by atoms with Gasteiger partial charge in [0.2, 0.25) is 6.79 Å². The average molecular weight is 412 g/mol. The summed E-state index contributed by atoms with van der Waals surface area (Å²) in [5.74, 6) is 1.76. The molecule has 7 nitrogen and oxygen atoms in total. The fourth-order valence-corrected chi connectivity index (χ4v) is 5.01. The van der Waals surface area contributed by atoms with Gasteiger partial charge in [0, 0.05) is 64.2 Å². The molecule has 0 bridgehead atoms. The van der Waals surface area contributed by atoms with Crippen LogP contribution in [0.3, 0.4) is 0 Å². The summed E-state index contributed by atoms with van der Waals surface area (Å²) in [5.41, 5.74) is 1.31. The zero-order valence-electron chi connectivity index (χ0n) is 17.8. The first-order valence-corrected chi connectivity index (χ1v) is 11.4. The highest BCUT2D eigenvalue weighted by Gasteiger charge is 2.28. The number of hydrogen-bond donors (Lipinski definition) is 0. The van der Waals surface area contributed by atoms with E-state index in [9.17, 15) is 0 Å². The lowest BCUT2D eigenvalue weighted by molar-refractivity contribution is 0.0492. The number of fused-ring (bicyclic) bond motifs is 1. The fraction of sp³-hybridized carbons (Fsp3) is 0.609. The molecule has 1 aromatic carbocycles. The van der Waals surface area contributed by atoms with Crippen LogP contribution in [0, 0.1) is 0 Å². The minimum absolute atomic E-state index is 0.346. The summed E-state index contributed by atoms with van der Waals surface area (Å²) in [7, 11) is 0. The van der Waals surface area contributed by atoms with Gasteiger partial charge in [-0.15, -0.1) is 0 Å². The lowest BCUT2D eigenvalue weighted by atomic mass is 10.0. The normalized spacial score (nSPS) is 23.1. The Morgan fingerprint density at radius 2 is 1.87 bits per heavy atom. The minimum atomic E-state index is 0.346. The smallest absolute Gasteiger partial charge is 0.231 e. The summed E-state index contributed by atoms with van der Waals surface area (Å²) < 4.78 is 13.0. The summed E-state index contributed by atoms with van der Waals surface area (Å²) >= 11 is 0. The number of hydrogen-bond acceptors (Lipinski definition) is 6. The molecule has 2 aromatic rings. The number of nitrogens with zero attached hydrogens (tertiary/aromatic N) is 5. The van der Waals surface area contributed by atoms with Crippen LogP contribution >= 0.6 is 0 Å². The SMILES string of the molecule is c1cnn(CCCN2CCC[C@@H](N3CCN(Cc4ccc5c(c4)OCO5)CC3)C2)c1. The van der Waals surface area contributed by atoms with Gasteiger partial charge in [-0.3, -0.25) is 14.5 Å². The zero-order valence-corrected chi connectivity index (χ0v) is 17.8. The predicted octanol–water partition coefficient (Wildman–Crippen LogP) is 2.28. The third-order valence-corrected chi connectivity index (χ3v) is 6.67. The van der Waals surface area contributed by atoms with Crippen molar-refractivity contribution in [1.82, 2.24) is 24.5 Å². The largest absolute Gasteiger partial charge is 0.454 e. The van der Waals surface area contributed by atoms with Crippen LogP contribution < -0.4 is 9.47 Å². The Hall–Kier alpha value is -2.09. The zero-order chi connectivity index (χ0) is 20.2. The Morgan fingerprint density at radius 3 is 2.73 bits per heavy atom. The highest BCUT2D eigenvalue weighted by atomic mass is 16.7. The number of ether oxygens (including phenoxy) is 2. The third kappa shape index (κ3) is 4.79. The maximum atomic E-state index is 5.53. The first-order valence-electron chi connectivity index (χ1n) is 11.4. The van der Waals surface area contributed by atoms with Gasteiger partial charge in [0.05, 0.1) is 0 Å². The van der Waals surface area contributed by atoms with Crippen LogP contribution in [-0.4, -0.2) is 83.1 Å². The molecule has 5 rings (SSSR count). The minimum Gasteiger partial charge on any atom is -0.454 e. The van der Waals surface area contributed by atoms with Crippen molar-refractivity contribution >= 4 is 0 Å². The maximum Gasteiger partial charge on any atom is 0.231 e. The van der Waals surface area contributed by atoms with Crippen molar-refractivity contribution in [3.63, 3.8) is 0 Å². The van der Waals surface area contributed by atoms with Crippen LogP contribution in [0.4, 0.5) is 0 Å². The summed E-state index contributed by atoms with van der Waals surface area (Å²) in [6, 6.07) is 9.07. The number of aryl methyl sites for hydroxylation is 1. The number of piperazine rings is 1. The number of piperidine rings is 1. The van der Waals surface area contributed by atoms with E-state index in [1.54, 1.807) is 0 Å². The number of benzene rings is 1. The summed E-state index contributed by atoms with van der Waals surface area (Å²) in [5, 5.41) is 4.31. The Balaban J connectivity index is 1.06. The Morgan fingerprint density at radius 1 is 0.967 bits per heavy atom. The number of aromatic nitrogens is 2. The summed E-state index contributed by atoms with van der Waals surface area (Å²) in [4.78, 5) is 7.96. The van der Waals surface area contributed by atoms with Crippen molar-refractivity contribution in [2.24, 2.45) is 0 Å². The predicted molar refractivity (Wildman–Crippen MR) is 116 cm³/mol. The van der Waals surface area contributed by atoms with Crippen molar-refractivity contribution in [1.29, 1.82) is 0 Å². The van der Waals surface area contributed by atoms with E-state index < -0.39 is 0 Å². The first kappa shape index (κ1) is 19.8. The van der Waals surface area contributed by atoms with E-state index in [-0.39, 0.29) is 0 Å². The van der Waals surface area contributed by atoms with E-state index in [1.807, 2.05) is 23.0 Å². The van der Waals surface area contributed by atoms with E-state index in [2.05, 4.69) is 38.1 Å². The van der Waals surface area contributed by atoms with Crippen LogP contribution in [0.5, 0.6) is 11.5 Å². The van der Waals surface area contributed by atoms with E-state index in [0.717, 1.165) is 43.7 Å². The molecule has 0 spiro atoms. The molecule has 2 fully saturated rings. The summed E-state index contributed by atoms with van der Waals surface area (Å²) in [6.45, 7) is 10.7. The molecule has 0 aliphatic carbocycles. The number of rotatable bonds is 7. The molecular formula is C23H33N5O2. The average Bonchev–Trinajstić information content (AvgIpc) is 3.46. The van der Waals surface area contributed by atoms with Gasteiger partial charge in [0.25, 0.3) is 0 Å². The molecule has 4 heterocycles. The Labute approximate surface area is 179 Å². The molecule has 162 valence electrons. The van der Waals surface area contributed by atoms with Crippen molar-refractivity contribution in [3.05, 3.63) is 42.2 Å². The second-order valence-electron chi connectivity index (χ2n) is 8.72. The first-order chi connectivity index (χ1) is 14.8. The van der Waals surface area contributed by atoms with Gasteiger partial charge in [0.1, 0.15) is 0 Å². The van der Waals surface area contributed by atoms with Crippen LogP contribution in [0.15, 0.2) is 36.7 Å². The fourth-order valence-electron chi connectivity index (χ4n) is 5.01. The van der Waals surface area contributed by atoms with Crippen LogP contribution in [0.1, 0.15) is 24.8 Å². The van der Waals surface area contributed by atoms with Crippen molar-refractivity contribution in [2.45, 2.75) is 38.4 Å². The molecule has 1 aromatic heterocycles. The quantitative estimate of drug-likeness (QED) is 0.697. The molecule has 0 unspecified atom stereocenters.